The number of ether oxygens (including phenoxy) is 1. The lowest BCUT2D eigenvalue weighted by Gasteiger charge is -2.27. The third-order valence-corrected chi connectivity index (χ3v) is 2.30. The van der Waals surface area contributed by atoms with Gasteiger partial charge in [-0.3, -0.25) is 4.79 Å². The standard InChI is InChI=1S/C14H17NO3/c1-3-7-13(17)15-14(2,10-16)11-18-12-8-5-4-6-9-12/h4-6,8-9,16H,10-11H2,1-2H3,(H,15,17). The van der Waals surface area contributed by atoms with Gasteiger partial charge in [0.1, 0.15) is 12.4 Å². The highest BCUT2D eigenvalue weighted by Crippen LogP contribution is 2.11. The van der Waals surface area contributed by atoms with Crippen LogP contribution < -0.4 is 10.1 Å². The van der Waals surface area contributed by atoms with Gasteiger partial charge in [0.2, 0.25) is 0 Å². The molecule has 1 unspecified atom stereocenters. The minimum Gasteiger partial charge on any atom is -0.491 e. The van der Waals surface area contributed by atoms with E-state index in [1.165, 1.54) is 0 Å². The number of aliphatic hydroxyl groups is 1. The van der Waals surface area contributed by atoms with Gasteiger partial charge < -0.3 is 15.2 Å². The van der Waals surface area contributed by atoms with E-state index >= 15 is 0 Å². The minimum absolute atomic E-state index is 0.171. The molecule has 0 saturated heterocycles. The SMILES string of the molecule is CC#CC(=O)NC(C)(CO)COc1ccccc1. The molecule has 1 amide bonds. The summed E-state index contributed by atoms with van der Waals surface area (Å²) in [5.74, 6) is 5.13. The first-order valence-corrected chi connectivity index (χ1v) is 5.63. The molecule has 1 rings (SSSR count). The monoisotopic (exact) mass is 247 g/mol. The predicted octanol–water partition coefficient (Wildman–Crippen LogP) is 0.956. The molecular formula is C14H17NO3. The molecule has 0 bridgehead atoms. The van der Waals surface area contributed by atoms with E-state index in [0.717, 1.165) is 0 Å². The van der Waals surface area contributed by atoms with Gasteiger partial charge in [-0.25, -0.2) is 0 Å². The summed E-state index contributed by atoms with van der Waals surface area (Å²) in [6.07, 6.45) is 0. The van der Waals surface area contributed by atoms with Gasteiger partial charge >= 0.3 is 0 Å². The number of amides is 1. The van der Waals surface area contributed by atoms with E-state index < -0.39 is 11.4 Å². The molecular weight excluding hydrogens is 230 g/mol. The molecule has 2 N–H and O–H groups in total. The Labute approximate surface area is 107 Å². The van der Waals surface area contributed by atoms with E-state index in [2.05, 4.69) is 17.2 Å². The van der Waals surface area contributed by atoms with E-state index in [4.69, 9.17) is 4.74 Å². The molecule has 0 saturated carbocycles. The zero-order chi connectivity index (χ0) is 13.4. The van der Waals surface area contributed by atoms with E-state index in [9.17, 15) is 9.90 Å². The summed E-state index contributed by atoms with van der Waals surface area (Å²) >= 11 is 0. The molecule has 0 aliphatic heterocycles. The Balaban J connectivity index is 2.59. The maximum absolute atomic E-state index is 11.4. The molecule has 0 aliphatic carbocycles. The third-order valence-electron chi connectivity index (χ3n) is 2.30. The second kappa shape index (κ2) is 6.67. The van der Waals surface area contributed by atoms with Gasteiger partial charge in [0, 0.05) is 0 Å². The van der Waals surface area contributed by atoms with Crippen molar-refractivity contribution in [3.63, 3.8) is 0 Å². The smallest absolute Gasteiger partial charge is 0.296 e. The van der Waals surface area contributed by atoms with Gasteiger partial charge in [0.25, 0.3) is 5.91 Å². The fraction of sp³-hybridized carbons (Fsp3) is 0.357. The lowest BCUT2D eigenvalue weighted by atomic mass is 10.1. The quantitative estimate of drug-likeness (QED) is 0.762. The molecule has 0 aliphatic rings. The van der Waals surface area contributed by atoms with E-state index in [0.29, 0.717) is 5.75 Å². The average Bonchev–Trinajstić information content (AvgIpc) is 2.38. The number of carbonyl (C=O) groups is 1. The number of nitrogens with one attached hydrogen (secondary N) is 1. The summed E-state index contributed by atoms with van der Waals surface area (Å²) in [7, 11) is 0. The Morgan fingerprint density at radius 1 is 1.44 bits per heavy atom. The first-order chi connectivity index (χ1) is 8.59. The highest BCUT2D eigenvalue weighted by atomic mass is 16.5. The number of aliphatic hydroxyl groups excluding tert-OH is 1. The molecule has 1 aromatic carbocycles. The zero-order valence-corrected chi connectivity index (χ0v) is 10.6. The molecule has 1 aromatic rings. The molecule has 18 heavy (non-hydrogen) atoms. The molecule has 0 aromatic heterocycles. The first kappa shape index (κ1) is 14.1. The van der Waals surface area contributed by atoms with Crippen LogP contribution in [0.3, 0.4) is 0 Å². The molecule has 96 valence electrons. The fourth-order valence-corrected chi connectivity index (χ4v) is 1.30. The topological polar surface area (TPSA) is 58.6 Å². The van der Waals surface area contributed by atoms with Crippen molar-refractivity contribution in [3.8, 4) is 17.6 Å². The maximum atomic E-state index is 11.4. The van der Waals surface area contributed by atoms with E-state index in [1.54, 1.807) is 13.8 Å². The van der Waals surface area contributed by atoms with Crippen LogP contribution in [0.5, 0.6) is 5.75 Å². The highest BCUT2D eigenvalue weighted by Gasteiger charge is 2.26. The van der Waals surface area contributed by atoms with E-state index in [1.807, 2.05) is 30.3 Å². The second-order valence-corrected chi connectivity index (χ2v) is 4.15. The van der Waals surface area contributed by atoms with Crippen LogP contribution in [0.15, 0.2) is 30.3 Å². The van der Waals surface area contributed by atoms with Gasteiger partial charge in [-0.1, -0.05) is 24.1 Å². The maximum Gasteiger partial charge on any atom is 0.296 e. The Kier molecular flexibility index (Phi) is 5.22. The second-order valence-electron chi connectivity index (χ2n) is 4.15. The average molecular weight is 247 g/mol. The van der Waals surface area contributed by atoms with Crippen molar-refractivity contribution < 1.29 is 14.6 Å². The number of benzene rings is 1. The van der Waals surface area contributed by atoms with Gasteiger partial charge in [-0.15, -0.1) is 0 Å². The molecule has 0 heterocycles. The normalized spacial score (nSPS) is 12.8. The van der Waals surface area contributed by atoms with Crippen molar-refractivity contribution in [1.29, 1.82) is 0 Å². The van der Waals surface area contributed by atoms with Crippen LogP contribution in [0.1, 0.15) is 13.8 Å². The lowest BCUT2D eigenvalue weighted by Crippen LogP contribution is -2.52. The van der Waals surface area contributed by atoms with Gasteiger partial charge in [0.15, 0.2) is 0 Å². The summed E-state index contributed by atoms with van der Waals surface area (Å²) in [6.45, 7) is 3.23. The number of carbonyl (C=O) groups excluding carboxylic acids is 1. The van der Waals surface area contributed by atoms with Crippen LogP contribution in [0.4, 0.5) is 0 Å². The fourth-order valence-electron chi connectivity index (χ4n) is 1.30. The molecule has 4 nitrogen and oxygen atoms in total. The lowest BCUT2D eigenvalue weighted by molar-refractivity contribution is -0.118. The summed E-state index contributed by atoms with van der Waals surface area (Å²) in [5.41, 5.74) is -0.850. The van der Waals surface area contributed by atoms with E-state index in [-0.39, 0.29) is 13.2 Å². The summed E-state index contributed by atoms with van der Waals surface area (Å²) in [5, 5.41) is 12.0. The van der Waals surface area contributed by atoms with Crippen LogP contribution in [0.25, 0.3) is 0 Å². The molecule has 1 atom stereocenters. The number of rotatable bonds is 5. The Morgan fingerprint density at radius 3 is 2.67 bits per heavy atom. The minimum atomic E-state index is -0.850. The third kappa shape index (κ3) is 4.48. The van der Waals surface area contributed by atoms with Gasteiger partial charge in [0.05, 0.1) is 12.1 Å². The van der Waals surface area contributed by atoms with Gasteiger partial charge in [-0.05, 0) is 31.9 Å². The molecule has 4 heteroatoms. The van der Waals surface area contributed by atoms with Crippen LogP contribution in [0, 0.1) is 11.8 Å². The summed E-state index contributed by atoms with van der Waals surface area (Å²) in [4.78, 5) is 11.4. The van der Waals surface area contributed by atoms with Crippen LogP contribution >= 0.6 is 0 Å². The first-order valence-electron chi connectivity index (χ1n) is 5.63. The van der Waals surface area contributed by atoms with Gasteiger partial charge in [-0.2, -0.15) is 0 Å². The Bertz CT molecular complexity index is 447. The van der Waals surface area contributed by atoms with Crippen LogP contribution in [-0.2, 0) is 4.79 Å². The molecule has 0 fully saturated rings. The number of hydrogen-bond acceptors (Lipinski definition) is 3. The van der Waals surface area contributed by atoms with Crippen molar-refractivity contribution in [2.75, 3.05) is 13.2 Å². The number of hydrogen-bond donors (Lipinski definition) is 2. The van der Waals surface area contributed by atoms with Crippen molar-refractivity contribution in [1.82, 2.24) is 5.32 Å². The van der Waals surface area contributed by atoms with Crippen molar-refractivity contribution in [2.24, 2.45) is 0 Å². The molecule has 0 radical (unpaired) electrons. The van der Waals surface area contributed by atoms with Crippen molar-refractivity contribution in [3.05, 3.63) is 30.3 Å². The number of para-hydroxylation sites is 1. The Hall–Kier alpha value is -1.99. The predicted molar refractivity (Wildman–Crippen MR) is 69.0 cm³/mol. The van der Waals surface area contributed by atoms with Crippen LogP contribution in [-0.4, -0.2) is 29.8 Å². The van der Waals surface area contributed by atoms with Crippen molar-refractivity contribution in [2.45, 2.75) is 19.4 Å². The van der Waals surface area contributed by atoms with Crippen molar-refractivity contribution >= 4 is 5.91 Å². The zero-order valence-electron chi connectivity index (χ0n) is 10.6. The van der Waals surface area contributed by atoms with Crippen LogP contribution in [0.2, 0.25) is 0 Å². The molecule has 0 spiro atoms. The Morgan fingerprint density at radius 2 is 2.11 bits per heavy atom. The summed E-state index contributed by atoms with van der Waals surface area (Å²) < 4.78 is 5.52. The summed E-state index contributed by atoms with van der Waals surface area (Å²) in [6, 6.07) is 9.22. The highest BCUT2D eigenvalue weighted by molar-refractivity contribution is 5.93. The largest absolute Gasteiger partial charge is 0.491 e.